The second-order valence-electron chi connectivity index (χ2n) is 4.07. The summed E-state index contributed by atoms with van der Waals surface area (Å²) in [4.78, 5) is 1.13. The van der Waals surface area contributed by atoms with Crippen LogP contribution in [0.15, 0.2) is 11.4 Å². The molecule has 1 aliphatic rings. The third kappa shape index (κ3) is 2.62. The predicted octanol–water partition coefficient (Wildman–Crippen LogP) is 2.39. The molecule has 3 nitrogen and oxygen atoms in total. The van der Waals surface area contributed by atoms with E-state index in [0.29, 0.717) is 0 Å². The zero-order valence-electron chi connectivity index (χ0n) is 9.40. The first-order valence-corrected chi connectivity index (χ1v) is 6.48. The van der Waals surface area contributed by atoms with Crippen molar-refractivity contribution in [3.05, 3.63) is 21.9 Å². The summed E-state index contributed by atoms with van der Waals surface area (Å²) < 4.78 is 5.53. The Bertz CT molecular complexity index is 377. The lowest BCUT2D eigenvalue weighted by Crippen LogP contribution is -2.29. The van der Waals surface area contributed by atoms with Crippen LogP contribution in [0.1, 0.15) is 29.3 Å². The molecule has 1 saturated heterocycles. The van der Waals surface area contributed by atoms with Crippen LogP contribution in [-0.4, -0.2) is 19.3 Å². The van der Waals surface area contributed by atoms with Gasteiger partial charge in [-0.15, -0.1) is 11.3 Å². The normalized spacial score (nSPS) is 21.9. The molecular weight excluding hydrogens is 220 g/mol. The second kappa shape index (κ2) is 5.44. The first kappa shape index (κ1) is 11.6. The molecule has 2 atom stereocenters. The molecule has 0 aromatic carbocycles. The van der Waals surface area contributed by atoms with Gasteiger partial charge in [0.15, 0.2) is 0 Å². The van der Waals surface area contributed by atoms with Crippen LogP contribution in [0.25, 0.3) is 0 Å². The lowest BCUT2D eigenvalue weighted by molar-refractivity contribution is 0.109. The second-order valence-corrected chi connectivity index (χ2v) is 5.02. The van der Waals surface area contributed by atoms with E-state index in [9.17, 15) is 0 Å². The Morgan fingerprint density at radius 1 is 1.75 bits per heavy atom. The monoisotopic (exact) mass is 236 g/mol. The van der Waals surface area contributed by atoms with Crippen LogP contribution < -0.4 is 5.32 Å². The van der Waals surface area contributed by atoms with Crippen molar-refractivity contribution in [2.24, 2.45) is 0 Å². The van der Waals surface area contributed by atoms with Crippen LogP contribution in [-0.2, 0) is 4.74 Å². The van der Waals surface area contributed by atoms with Crippen LogP contribution in [0, 0.1) is 18.3 Å². The zero-order chi connectivity index (χ0) is 11.4. The fourth-order valence-corrected chi connectivity index (χ4v) is 2.88. The summed E-state index contributed by atoms with van der Waals surface area (Å²) in [5, 5.41) is 14.5. The standard InChI is InChI=1S/C12H16N2OS/c1-9-4-6-16-12(9)11(7-13)14-8-10-3-2-5-15-10/h4,6,10-11,14H,2-3,5,8H2,1H3. The Hall–Kier alpha value is -0.890. The van der Waals surface area contributed by atoms with Crippen molar-refractivity contribution in [3.8, 4) is 6.07 Å². The van der Waals surface area contributed by atoms with E-state index in [1.807, 2.05) is 12.3 Å². The molecule has 2 rings (SSSR count). The number of nitrogens with one attached hydrogen (secondary N) is 1. The maximum absolute atomic E-state index is 9.15. The number of nitrogens with zero attached hydrogens (tertiary/aromatic N) is 1. The lowest BCUT2D eigenvalue weighted by Gasteiger charge is -2.14. The maximum Gasteiger partial charge on any atom is 0.130 e. The van der Waals surface area contributed by atoms with Crippen molar-refractivity contribution in [2.75, 3.05) is 13.2 Å². The molecule has 16 heavy (non-hydrogen) atoms. The molecule has 4 heteroatoms. The van der Waals surface area contributed by atoms with Gasteiger partial charge in [-0.25, -0.2) is 0 Å². The van der Waals surface area contributed by atoms with Gasteiger partial charge in [-0.05, 0) is 36.8 Å². The van der Waals surface area contributed by atoms with E-state index >= 15 is 0 Å². The summed E-state index contributed by atoms with van der Waals surface area (Å²) in [6, 6.07) is 4.18. The van der Waals surface area contributed by atoms with Gasteiger partial charge in [-0.1, -0.05) is 0 Å². The van der Waals surface area contributed by atoms with Crippen molar-refractivity contribution in [2.45, 2.75) is 31.9 Å². The van der Waals surface area contributed by atoms with Gasteiger partial charge >= 0.3 is 0 Å². The third-order valence-electron chi connectivity index (χ3n) is 2.87. The van der Waals surface area contributed by atoms with Crippen LogP contribution in [0.3, 0.4) is 0 Å². The average Bonchev–Trinajstić information content (AvgIpc) is 2.92. The first-order valence-electron chi connectivity index (χ1n) is 5.60. The predicted molar refractivity (Wildman–Crippen MR) is 64.4 cm³/mol. The molecule has 1 N–H and O–H groups in total. The highest BCUT2D eigenvalue weighted by molar-refractivity contribution is 7.10. The van der Waals surface area contributed by atoms with Gasteiger partial charge in [0.05, 0.1) is 12.2 Å². The molecule has 0 radical (unpaired) electrons. The molecule has 2 heterocycles. The van der Waals surface area contributed by atoms with E-state index in [4.69, 9.17) is 10.00 Å². The summed E-state index contributed by atoms with van der Waals surface area (Å²) >= 11 is 1.64. The van der Waals surface area contributed by atoms with Crippen LogP contribution in [0.2, 0.25) is 0 Å². The number of hydrogen-bond acceptors (Lipinski definition) is 4. The molecule has 2 unspecified atom stereocenters. The summed E-state index contributed by atoms with van der Waals surface area (Å²) in [5.41, 5.74) is 1.19. The Morgan fingerprint density at radius 3 is 3.19 bits per heavy atom. The van der Waals surface area contributed by atoms with E-state index in [1.54, 1.807) is 11.3 Å². The highest BCUT2D eigenvalue weighted by atomic mass is 32.1. The van der Waals surface area contributed by atoms with Gasteiger partial charge in [-0.3, -0.25) is 5.32 Å². The SMILES string of the molecule is Cc1ccsc1C(C#N)NCC1CCCO1. The molecule has 0 bridgehead atoms. The summed E-state index contributed by atoms with van der Waals surface area (Å²) in [6.07, 6.45) is 2.53. The first-order chi connectivity index (χ1) is 7.81. The molecule has 86 valence electrons. The lowest BCUT2D eigenvalue weighted by atomic mass is 10.1. The number of ether oxygens (including phenoxy) is 1. The molecule has 0 saturated carbocycles. The van der Waals surface area contributed by atoms with Crippen molar-refractivity contribution in [3.63, 3.8) is 0 Å². The minimum absolute atomic E-state index is 0.191. The maximum atomic E-state index is 9.15. The number of hydrogen-bond donors (Lipinski definition) is 1. The summed E-state index contributed by atoms with van der Waals surface area (Å²) in [6.45, 7) is 3.68. The van der Waals surface area contributed by atoms with Crippen molar-refractivity contribution >= 4 is 11.3 Å². The minimum Gasteiger partial charge on any atom is -0.377 e. The van der Waals surface area contributed by atoms with Crippen LogP contribution in [0.4, 0.5) is 0 Å². The van der Waals surface area contributed by atoms with E-state index in [2.05, 4.69) is 17.5 Å². The third-order valence-corrected chi connectivity index (χ3v) is 3.95. The van der Waals surface area contributed by atoms with E-state index < -0.39 is 0 Å². The highest BCUT2D eigenvalue weighted by Gasteiger charge is 2.19. The number of aryl methyl sites for hydroxylation is 1. The zero-order valence-corrected chi connectivity index (χ0v) is 10.2. The average molecular weight is 236 g/mol. The Balaban J connectivity index is 1.91. The number of nitriles is 1. The Morgan fingerprint density at radius 2 is 2.62 bits per heavy atom. The van der Waals surface area contributed by atoms with E-state index in [0.717, 1.165) is 30.9 Å². The van der Waals surface area contributed by atoms with Crippen molar-refractivity contribution < 1.29 is 4.74 Å². The molecule has 1 aromatic heterocycles. The molecule has 1 aromatic rings. The summed E-state index contributed by atoms with van der Waals surface area (Å²) in [7, 11) is 0. The van der Waals surface area contributed by atoms with Crippen LogP contribution in [0.5, 0.6) is 0 Å². The minimum atomic E-state index is -0.191. The quantitative estimate of drug-likeness (QED) is 0.873. The smallest absolute Gasteiger partial charge is 0.130 e. The molecule has 0 spiro atoms. The molecule has 1 fully saturated rings. The van der Waals surface area contributed by atoms with E-state index in [-0.39, 0.29) is 12.1 Å². The highest BCUT2D eigenvalue weighted by Crippen LogP contribution is 2.23. The van der Waals surface area contributed by atoms with Gasteiger partial charge in [0.25, 0.3) is 0 Å². The van der Waals surface area contributed by atoms with Gasteiger partial charge in [-0.2, -0.15) is 5.26 Å². The van der Waals surface area contributed by atoms with E-state index in [1.165, 1.54) is 5.56 Å². The molecule has 0 amide bonds. The number of thiophene rings is 1. The number of rotatable bonds is 4. The largest absolute Gasteiger partial charge is 0.377 e. The molecule has 1 aliphatic heterocycles. The Kier molecular flexibility index (Phi) is 3.94. The summed E-state index contributed by atoms with van der Waals surface area (Å²) in [5.74, 6) is 0. The van der Waals surface area contributed by atoms with Crippen molar-refractivity contribution in [1.82, 2.24) is 5.32 Å². The topological polar surface area (TPSA) is 45.0 Å². The molecular formula is C12H16N2OS. The van der Waals surface area contributed by atoms with Gasteiger partial charge in [0, 0.05) is 18.0 Å². The van der Waals surface area contributed by atoms with Crippen molar-refractivity contribution in [1.29, 1.82) is 5.26 Å². The fraction of sp³-hybridized carbons (Fsp3) is 0.583. The molecule has 0 aliphatic carbocycles. The Labute approximate surface area is 100 Å². The van der Waals surface area contributed by atoms with Gasteiger partial charge in [0.1, 0.15) is 6.04 Å². The van der Waals surface area contributed by atoms with Crippen LogP contribution >= 0.6 is 11.3 Å². The van der Waals surface area contributed by atoms with Gasteiger partial charge < -0.3 is 4.74 Å². The fourth-order valence-electron chi connectivity index (χ4n) is 1.93. The van der Waals surface area contributed by atoms with Gasteiger partial charge in [0.2, 0.25) is 0 Å².